The van der Waals surface area contributed by atoms with Crippen LogP contribution >= 0.6 is 12.2 Å². The van der Waals surface area contributed by atoms with Crippen molar-refractivity contribution in [2.75, 3.05) is 23.8 Å². The van der Waals surface area contributed by atoms with E-state index in [1.54, 1.807) is 31.2 Å². The third kappa shape index (κ3) is 7.72. The highest BCUT2D eigenvalue weighted by atomic mass is 32.2. The van der Waals surface area contributed by atoms with Crippen LogP contribution in [0.2, 0.25) is 0 Å². The van der Waals surface area contributed by atoms with Gasteiger partial charge in [0.25, 0.3) is 10.0 Å². The van der Waals surface area contributed by atoms with E-state index in [1.807, 2.05) is 0 Å². The van der Waals surface area contributed by atoms with Gasteiger partial charge in [0.1, 0.15) is 5.75 Å². The smallest absolute Gasteiger partial charge is 0.330 e. The monoisotopic (exact) mass is 463 g/mol. The molecule has 11 heteroatoms. The molecule has 0 aromatic heterocycles. The molecule has 0 unspecified atom stereocenters. The summed E-state index contributed by atoms with van der Waals surface area (Å²) in [6, 6.07) is 12.2. The molecular formula is C20H21N3O6S2. The number of benzene rings is 2. The summed E-state index contributed by atoms with van der Waals surface area (Å²) in [4.78, 5) is 23.0. The molecule has 0 saturated heterocycles. The van der Waals surface area contributed by atoms with Gasteiger partial charge in [-0.05, 0) is 67.7 Å². The van der Waals surface area contributed by atoms with Crippen LogP contribution in [0, 0.1) is 0 Å². The summed E-state index contributed by atoms with van der Waals surface area (Å²) in [5.41, 5.74) is 0.853. The number of carbonyl (C=O) groups is 2. The van der Waals surface area contributed by atoms with E-state index in [4.69, 9.17) is 17.0 Å². The molecule has 0 bridgehead atoms. The fourth-order valence-electron chi connectivity index (χ4n) is 2.24. The Bertz CT molecular complexity index is 1070. The van der Waals surface area contributed by atoms with E-state index in [1.165, 1.54) is 31.4 Å². The predicted molar refractivity (Wildman–Crippen MR) is 120 cm³/mol. The second-order valence-corrected chi connectivity index (χ2v) is 7.98. The van der Waals surface area contributed by atoms with Crippen LogP contribution in [0.1, 0.15) is 6.92 Å². The van der Waals surface area contributed by atoms with E-state index in [2.05, 4.69) is 20.1 Å². The average Bonchev–Trinajstić information content (AvgIpc) is 2.73. The van der Waals surface area contributed by atoms with E-state index in [0.29, 0.717) is 17.1 Å². The lowest BCUT2D eigenvalue weighted by atomic mass is 10.3. The van der Waals surface area contributed by atoms with Crippen LogP contribution in [-0.4, -0.2) is 39.1 Å². The molecule has 2 rings (SSSR count). The minimum Gasteiger partial charge on any atom is -0.497 e. The van der Waals surface area contributed by atoms with Crippen LogP contribution in [0.5, 0.6) is 5.75 Å². The number of hydrogen-bond donors (Lipinski definition) is 3. The zero-order valence-corrected chi connectivity index (χ0v) is 18.4. The number of anilines is 2. The van der Waals surface area contributed by atoms with E-state index in [-0.39, 0.29) is 16.6 Å². The van der Waals surface area contributed by atoms with Crippen molar-refractivity contribution in [3.63, 3.8) is 0 Å². The number of esters is 1. The summed E-state index contributed by atoms with van der Waals surface area (Å²) in [5, 5.41) is 5.08. The molecule has 2 aromatic rings. The second-order valence-electron chi connectivity index (χ2n) is 5.89. The molecule has 2 aromatic carbocycles. The second kappa shape index (κ2) is 11.1. The van der Waals surface area contributed by atoms with Crippen molar-refractivity contribution in [1.29, 1.82) is 0 Å². The van der Waals surface area contributed by atoms with Gasteiger partial charge in [0.05, 0.1) is 18.6 Å². The van der Waals surface area contributed by atoms with Gasteiger partial charge >= 0.3 is 5.97 Å². The van der Waals surface area contributed by atoms with Crippen molar-refractivity contribution in [3.8, 4) is 5.75 Å². The van der Waals surface area contributed by atoms with Gasteiger partial charge in [-0.25, -0.2) is 13.2 Å². The fraction of sp³-hybridized carbons (Fsp3) is 0.150. The van der Waals surface area contributed by atoms with Crippen LogP contribution in [0.3, 0.4) is 0 Å². The Labute approximate surface area is 185 Å². The van der Waals surface area contributed by atoms with E-state index in [9.17, 15) is 18.0 Å². The van der Waals surface area contributed by atoms with E-state index < -0.39 is 21.9 Å². The van der Waals surface area contributed by atoms with Gasteiger partial charge in [-0.3, -0.25) is 14.8 Å². The maximum absolute atomic E-state index is 12.5. The molecule has 0 saturated carbocycles. The lowest BCUT2D eigenvalue weighted by molar-refractivity contribution is -0.137. The highest BCUT2D eigenvalue weighted by Gasteiger charge is 2.14. The van der Waals surface area contributed by atoms with Crippen LogP contribution in [0.4, 0.5) is 11.4 Å². The molecule has 0 fully saturated rings. The minimum absolute atomic E-state index is 0.0227. The Morgan fingerprint density at radius 3 is 2.19 bits per heavy atom. The normalized spacial score (nSPS) is 10.9. The van der Waals surface area contributed by atoms with Crippen LogP contribution in [0.25, 0.3) is 0 Å². The molecule has 3 N–H and O–H groups in total. The van der Waals surface area contributed by atoms with E-state index in [0.717, 1.165) is 12.2 Å². The van der Waals surface area contributed by atoms with Crippen LogP contribution < -0.4 is 20.1 Å². The van der Waals surface area contributed by atoms with Crippen molar-refractivity contribution in [3.05, 3.63) is 60.7 Å². The quantitative estimate of drug-likeness (QED) is 0.310. The summed E-state index contributed by atoms with van der Waals surface area (Å²) in [7, 11) is -2.27. The first kappa shape index (κ1) is 23.8. The molecule has 164 valence electrons. The van der Waals surface area contributed by atoms with Crippen LogP contribution in [0.15, 0.2) is 65.6 Å². The first-order chi connectivity index (χ1) is 14.7. The predicted octanol–water partition coefficient (Wildman–Crippen LogP) is 2.43. The maximum atomic E-state index is 12.5. The number of carbonyl (C=O) groups excluding carboxylic acids is 2. The van der Waals surface area contributed by atoms with Gasteiger partial charge in [-0.15, -0.1) is 0 Å². The summed E-state index contributed by atoms with van der Waals surface area (Å²) >= 11 is 5.02. The summed E-state index contributed by atoms with van der Waals surface area (Å²) < 4.78 is 37.2. The zero-order chi connectivity index (χ0) is 22.9. The zero-order valence-electron chi connectivity index (χ0n) is 16.7. The Morgan fingerprint density at radius 1 is 1.00 bits per heavy atom. The highest BCUT2D eigenvalue weighted by molar-refractivity contribution is 7.92. The third-order valence-corrected chi connectivity index (χ3v) is 5.26. The Kier molecular flexibility index (Phi) is 8.53. The summed E-state index contributed by atoms with van der Waals surface area (Å²) in [5.74, 6) is -0.650. The average molecular weight is 464 g/mol. The highest BCUT2D eigenvalue weighted by Crippen LogP contribution is 2.20. The third-order valence-electron chi connectivity index (χ3n) is 3.66. The molecule has 0 radical (unpaired) electrons. The molecule has 0 aliphatic carbocycles. The molecule has 0 atom stereocenters. The number of ether oxygens (including phenoxy) is 2. The van der Waals surface area contributed by atoms with Crippen LogP contribution in [-0.2, 0) is 24.3 Å². The number of thiocarbonyl (C=S) groups is 1. The van der Waals surface area contributed by atoms with Crippen molar-refractivity contribution in [2.45, 2.75) is 11.8 Å². The number of methoxy groups -OCH3 is 1. The van der Waals surface area contributed by atoms with Gasteiger partial charge < -0.3 is 14.8 Å². The van der Waals surface area contributed by atoms with Gasteiger partial charge in [-0.2, -0.15) is 0 Å². The standard InChI is InChI=1S/C20H21N3O6S2/c1-3-29-19(25)13-12-18(24)22-20(30)21-14-6-10-17(11-7-14)31(26,27)23-15-4-8-16(28-2)9-5-15/h4-13,23H,3H2,1-2H3,(H2,21,22,24,30)/b13-12+. The lowest BCUT2D eigenvalue weighted by Gasteiger charge is -2.11. The van der Waals surface area contributed by atoms with E-state index >= 15 is 0 Å². The Hall–Kier alpha value is -3.44. The van der Waals surface area contributed by atoms with Crippen molar-refractivity contribution < 1.29 is 27.5 Å². The topological polar surface area (TPSA) is 123 Å². The Balaban J connectivity index is 1.95. The SMILES string of the molecule is CCOC(=O)/C=C/C(=O)NC(=S)Nc1ccc(S(=O)(=O)Nc2ccc(OC)cc2)cc1. The lowest BCUT2D eigenvalue weighted by Crippen LogP contribution is -2.33. The number of hydrogen-bond acceptors (Lipinski definition) is 7. The van der Waals surface area contributed by atoms with Crippen molar-refractivity contribution in [2.24, 2.45) is 0 Å². The fourth-order valence-corrected chi connectivity index (χ4v) is 3.52. The van der Waals surface area contributed by atoms with Crippen molar-refractivity contribution >= 4 is 50.6 Å². The number of sulfonamides is 1. The molecule has 1 amide bonds. The van der Waals surface area contributed by atoms with Crippen molar-refractivity contribution in [1.82, 2.24) is 5.32 Å². The van der Waals surface area contributed by atoms with Gasteiger partial charge in [0.15, 0.2) is 5.11 Å². The number of rotatable bonds is 8. The molecule has 0 aliphatic heterocycles. The molecule has 0 spiro atoms. The van der Waals surface area contributed by atoms with Gasteiger partial charge in [0.2, 0.25) is 5.91 Å². The van der Waals surface area contributed by atoms with Gasteiger partial charge in [-0.1, -0.05) is 0 Å². The molecule has 9 nitrogen and oxygen atoms in total. The molecule has 0 aliphatic rings. The first-order valence-electron chi connectivity index (χ1n) is 8.97. The molecule has 31 heavy (non-hydrogen) atoms. The molecular weight excluding hydrogens is 442 g/mol. The Morgan fingerprint density at radius 2 is 1.61 bits per heavy atom. The largest absolute Gasteiger partial charge is 0.497 e. The maximum Gasteiger partial charge on any atom is 0.330 e. The number of nitrogens with one attached hydrogen (secondary N) is 3. The summed E-state index contributed by atoms with van der Waals surface area (Å²) in [6.45, 7) is 1.85. The summed E-state index contributed by atoms with van der Waals surface area (Å²) in [6.07, 6.45) is 1.98. The first-order valence-corrected chi connectivity index (χ1v) is 10.9. The number of amides is 1. The minimum atomic E-state index is -3.79. The molecule has 0 heterocycles. The van der Waals surface area contributed by atoms with Gasteiger partial charge in [0, 0.05) is 23.5 Å².